The van der Waals surface area contributed by atoms with Gasteiger partial charge in [0.05, 0.1) is 0 Å². The lowest BCUT2D eigenvalue weighted by Gasteiger charge is -2.08. The lowest BCUT2D eigenvalue weighted by molar-refractivity contribution is -0.123. The van der Waals surface area contributed by atoms with Gasteiger partial charge in [0.1, 0.15) is 0 Å². The van der Waals surface area contributed by atoms with Crippen molar-refractivity contribution >= 4 is 23.4 Å². The molecular formula is C17H23N3O3. The molecule has 0 bridgehead atoms. The van der Waals surface area contributed by atoms with Crippen molar-refractivity contribution in [2.24, 2.45) is 5.92 Å². The Morgan fingerprint density at radius 1 is 1.17 bits per heavy atom. The van der Waals surface area contributed by atoms with Gasteiger partial charge in [0.2, 0.25) is 17.7 Å². The molecule has 23 heavy (non-hydrogen) atoms. The summed E-state index contributed by atoms with van der Waals surface area (Å²) in [6.45, 7) is 2.41. The Morgan fingerprint density at radius 3 is 2.65 bits per heavy atom. The van der Waals surface area contributed by atoms with Crippen molar-refractivity contribution in [1.82, 2.24) is 10.6 Å². The zero-order valence-corrected chi connectivity index (χ0v) is 13.4. The third-order valence-corrected chi connectivity index (χ3v) is 3.57. The number of rotatable bonds is 8. The van der Waals surface area contributed by atoms with Gasteiger partial charge in [-0.3, -0.25) is 14.4 Å². The van der Waals surface area contributed by atoms with E-state index in [0.717, 1.165) is 18.4 Å². The summed E-state index contributed by atoms with van der Waals surface area (Å²) in [6.07, 6.45) is 3.00. The molecule has 0 unspecified atom stereocenters. The summed E-state index contributed by atoms with van der Waals surface area (Å²) in [5.74, 6) is 0.148. The standard InChI is InChI=1S/C17H23N3O3/c1-12(21)20-15-5-2-4-13(10-15)11-19-16(22)6-3-9-18-17(23)14-7-8-14/h2,4-5,10,14H,3,6-9,11H2,1H3,(H,18,23)(H,19,22)(H,20,21). The summed E-state index contributed by atoms with van der Waals surface area (Å²) in [6, 6.07) is 7.36. The van der Waals surface area contributed by atoms with Crippen molar-refractivity contribution in [2.45, 2.75) is 39.2 Å². The van der Waals surface area contributed by atoms with Gasteiger partial charge in [0, 0.05) is 38.0 Å². The largest absolute Gasteiger partial charge is 0.356 e. The van der Waals surface area contributed by atoms with Gasteiger partial charge >= 0.3 is 0 Å². The Hall–Kier alpha value is -2.37. The van der Waals surface area contributed by atoms with E-state index in [1.165, 1.54) is 6.92 Å². The summed E-state index contributed by atoms with van der Waals surface area (Å²) in [5, 5.41) is 8.39. The molecule has 2 rings (SSSR count). The fourth-order valence-electron chi connectivity index (χ4n) is 2.20. The monoisotopic (exact) mass is 317 g/mol. The number of carbonyl (C=O) groups is 3. The molecule has 6 nitrogen and oxygen atoms in total. The highest BCUT2D eigenvalue weighted by atomic mass is 16.2. The van der Waals surface area contributed by atoms with Crippen LogP contribution < -0.4 is 16.0 Å². The number of nitrogens with one attached hydrogen (secondary N) is 3. The molecule has 1 aliphatic carbocycles. The first-order valence-corrected chi connectivity index (χ1v) is 7.95. The quantitative estimate of drug-likeness (QED) is 0.636. The highest BCUT2D eigenvalue weighted by Gasteiger charge is 2.28. The molecule has 0 aliphatic heterocycles. The number of anilines is 1. The molecule has 0 heterocycles. The van der Waals surface area contributed by atoms with Gasteiger partial charge in [0.15, 0.2) is 0 Å². The van der Waals surface area contributed by atoms with Crippen molar-refractivity contribution < 1.29 is 14.4 Å². The number of amides is 3. The molecule has 0 radical (unpaired) electrons. The lowest BCUT2D eigenvalue weighted by Crippen LogP contribution is -2.28. The summed E-state index contributed by atoms with van der Waals surface area (Å²) in [5.41, 5.74) is 1.64. The van der Waals surface area contributed by atoms with E-state index in [4.69, 9.17) is 0 Å². The topological polar surface area (TPSA) is 87.3 Å². The van der Waals surface area contributed by atoms with Crippen LogP contribution in [0.3, 0.4) is 0 Å². The van der Waals surface area contributed by atoms with Crippen molar-refractivity contribution in [1.29, 1.82) is 0 Å². The van der Waals surface area contributed by atoms with E-state index in [-0.39, 0.29) is 23.6 Å². The van der Waals surface area contributed by atoms with Gasteiger partial charge in [-0.25, -0.2) is 0 Å². The Kier molecular flexibility index (Phi) is 6.14. The maximum Gasteiger partial charge on any atom is 0.223 e. The van der Waals surface area contributed by atoms with Crippen molar-refractivity contribution in [3.63, 3.8) is 0 Å². The second-order valence-electron chi connectivity index (χ2n) is 5.83. The molecule has 1 aromatic rings. The average molecular weight is 317 g/mol. The van der Waals surface area contributed by atoms with Crippen LogP contribution >= 0.6 is 0 Å². The molecule has 1 aromatic carbocycles. The van der Waals surface area contributed by atoms with Crippen LogP contribution in [-0.4, -0.2) is 24.3 Å². The van der Waals surface area contributed by atoms with Crippen LogP contribution in [0, 0.1) is 5.92 Å². The van der Waals surface area contributed by atoms with Crippen LogP contribution in [0.25, 0.3) is 0 Å². The average Bonchev–Trinajstić information content (AvgIpc) is 3.34. The fourth-order valence-corrected chi connectivity index (χ4v) is 2.20. The van der Waals surface area contributed by atoms with Gasteiger partial charge in [-0.2, -0.15) is 0 Å². The third kappa shape index (κ3) is 6.50. The van der Waals surface area contributed by atoms with Crippen molar-refractivity contribution in [3.05, 3.63) is 29.8 Å². The first-order chi connectivity index (χ1) is 11.0. The van der Waals surface area contributed by atoms with E-state index in [1.54, 1.807) is 6.07 Å². The summed E-state index contributed by atoms with van der Waals surface area (Å²) < 4.78 is 0. The molecular weight excluding hydrogens is 294 g/mol. The van der Waals surface area contributed by atoms with Crippen LogP contribution in [0.15, 0.2) is 24.3 Å². The smallest absolute Gasteiger partial charge is 0.223 e. The SMILES string of the molecule is CC(=O)Nc1cccc(CNC(=O)CCCNC(=O)C2CC2)c1. The molecule has 0 aromatic heterocycles. The molecule has 1 fully saturated rings. The van der Waals surface area contributed by atoms with Crippen molar-refractivity contribution in [2.75, 3.05) is 11.9 Å². The molecule has 3 amide bonds. The maximum absolute atomic E-state index is 11.8. The number of benzene rings is 1. The molecule has 0 saturated heterocycles. The minimum atomic E-state index is -0.126. The van der Waals surface area contributed by atoms with E-state index in [2.05, 4.69) is 16.0 Å². The highest BCUT2D eigenvalue weighted by Crippen LogP contribution is 2.28. The molecule has 124 valence electrons. The first kappa shape index (κ1) is 17.0. The molecule has 3 N–H and O–H groups in total. The zero-order valence-electron chi connectivity index (χ0n) is 13.4. The van der Waals surface area contributed by atoms with Crippen LogP contribution in [0.5, 0.6) is 0 Å². The van der Waals surface area contributed by atoms with E-state index < -0.39 is 0 Å². The maximum atomic E-state index is 11.8. The van der Waals surface area contributed by atoms with Crippen molar-refractivity contribution in [3.8, 4) is 0 Å². The van der Waals surface area contributed by atoms with Gasteiger partial charge < -0.3 is 16.0 Å². The predicted octanol–water partition coefficient (Wildman–Crippen LogP) is 1.57. The second-order valence-corrected chi connectivity index (χ2v) is 5.83. The lowest BCUT2D eigenvalue weighted by atomic mass is 10.2. The highest BCUT2D eigenvalue weighted by molar-refractivity contribution is 5.88. The van der Waals surface area contributed by atoms with Gasteiger partial charge in [-0.05, 0) is 37.0 Å². The van der Waals surface area contributed by atoms with Gasteiger partial charge in [-0.1, -0.05) is 12.1 Å². The minimum Gasteiger partial charge on any atom is -0.356 e. The van der Waals surface area contributed by atoms with Crippen LogP contribution in [-0.2, 0) is 20.9 Å². The molecule has 1 aliphatic rings. The Morgan fingerprint density at radius 2 is 1.96 bits per heavy atom. The first-order valence-electron chi connectivity index (χ1n) is 7.95. The zero-order chi connectivity index (χ0) is 16.7. The predicted molar refractivity (Wildman–Crippen MR) is 87.6 cm³/mol. The summed E-state index contributed by atoms with van der Waals surface area (Å²) >= 11 is 0. The Balaban J connectivity index is 1.63. The Bertz CT molecular complexity index is 582. The van der Waals surface area contributed by atoms with Crippen LogP contribution in [0.1, 0.15) is 38.2 Å². The number of hydrogen-bond donors (Lipinski definition) is 3. The number of hydrogen-bond acceptors (Lipinski definition) is 3. The van der Waals surface area contributed by atoms with E-state index in [9.17, 15) is 14.4 Å². The minimum absolute atomic E-state index is 0.0457. The molecule has 0 atom stereocenters. The van der Waals surface area contributed by atoms with E-state index in [0.29, 0.717) is 31.6 Å². The molecule has 6 heteroatoms. The van der Waals surface area contributed by atoms with E-state index in [1.807, 2.05) is 18.2 Å². The Labute approximate surface area is 136 Å². The summed E-state index contributed by atoms with van der Waals surface area (Å²) in [7, 11) is 0. The number of carbonyl (C=O) groups excluding carboxylic acids is 3. The van der Waals surface area contributed by atoms with Gasteiger partial charge in [0.25, 0.3) is 0 Å². The molecule has 1 saturated carbocycles. The van der Waals surface area contributed by atoms with E-state index >= 15 is 0 Å². The van der Waals surface area contributed by atoms with Crippen LogP contribution in [0.2, 0.25) is 0 Å². The fraction of sp³-hybridized carbons (Fsp3) is 0.471. The second kappa shape index (κ2) is 8.31. The molecule has 0 spiro atoms. The third-order valence-electron chi connectivity index (χ3n) is 3.57. The summed E-state index contributed by atoms with van der Waals surface area (Å²) in [4.78, 5) is 34.2. The normalized spacial score (nSPS) is 13.3. The van der Waals surface area contributed by atoms with Gasteiger partial charge in [-0.15, -0.1) is 0 Å². The van der Waals surface area contributed by atoms with Crippen LogP contribution in [0.4, 0.5) is 5.69 Å².